The van der Waals surface area contributed by atoms with Crippen LogP contribution in [0, 0.1) is 16.0 Å². The van der Waals surface area contributed by atoms with Crippen LogP contribution in [0.25, 0.3) is 6.08 Å². The number of amides is 2. The van der Waals surface area contributed by atoms with E-state index in [4.69, 9.17) is 4.74 Å². The number of nitro groups is 1. The van der Waals surface area contributed by atoms with Gasteiger partial charge in [-0.25, -0.2) is 0 Å². The lowest BCUT2D eigenvalue weighted by atomic mass is 9.88. The van der Waals surface area contributed by atoms with Gasteiger partial charge in [0, 0.05) is 23.7 Å². The molecule has 3 rings (SSSR count). The van der Waals surface area contributed by atoms with Crippen LogP contribution in [0.5, 0.6) is 5.75 Å². The molecule has 8 nitrogen and oxygen atoms in total. The van der Waals surface area contributed by atoms with Crippen LogP contribution >= 0.6 is 0 Å². The molecule has 31 heavy (non-hydrogen) atoms. The van der Waals surface area contributed by atoms with Gasteiger partial charge in [-0.05, 0) is 48.7 Å². The maximum atomic E-state index is 12.9. The number of ether oxygens (including phenoxy) is 1. The highest BCUT2D eigenvalue weighted by Gasteiger charge is 2.23. The molecule has 2 amide bonds. The van der Waals surface area contributed by atoms with Crippen LogP contribution in [0.1, 0.15) is 37.7 Å². The number of non-ortho nitro benzene ring substituents is 1. The molecule has 2 N–H and O–H groups in total. The van der Waals surface area contributed by atoms with Crippen molar-refractivity contribution in [2.75, 3.05) is 12.4 Å². The van der Waals surface area contributed by atoms with Crippen molar-refractivity contribution in [1.29, 1.82) is 0 Å². The smallest absolute Gasteiger partial charge is 0.272 e. The Hall–Kier alpha value is -3.68. The summed E-state index contributed by atoms with van der Waals surface area (Å²) in [6, 6.07) is 12.7. The highest BCUT2D eigenvalue weighted by molar-refractivity contribution is 6.08. The average Bonchev–Trinajstić information content (AvgIpc) is 2.79. The summed E-state index contributed by atoms with van der Waals surface area (Å²) in [6.07, 6.45) is 6.11. The number of carbonyl (C=O) groups is 2. The zero-order chi connectivity index (χ0) is 22.2. The van der Waals surface area contributed by atoms with Crippen LogP contribution in [0.2, 0.25) is 0 Å². The molecular formula is C23H25N3O5. The number of carbonyl (C=O) groups excluding carboxylic acids is 2. The third-order valence-corrected chi connectivity index (χ3v) is 5.22. The third kappa shape index (κ3) is 6.15. The van der Waals surface area contributed by atoms with E-state index in [0.29, 0.717) is 17.0 Å². The van der Waals surface area contributed by atoms with Crippen LogP contribution in [0.3, 0.4) is 0 Å². The number of methoxy groups -OCH3 is 1. The van der Waals surface area contributed by atoms with E-state index in [1.54, 1.807) is 37.4 Å². The van der Waals surface area contributed by atoms with E-state index in [0.717, 1.165) is 32.1 Å². The Morgan fingerprint density at radius 1 is 1.10 bits per heavy atom. The summed E-state index contributed by atoms with van der Waals surface area (Å²) in [6.45, 7) is 0. The van der Waals surface area contributed by atoms with Gasteiger partial charge in [-0.15, -0.1) is 0 Å². The summed E-state index contributed by atoms with van der Waals surface area (Å²) in [4.78, 5) is 36.3. The van der Waals surface area contributed by atoms with Gasteiger partial charge in [0.2, 0.25) is 5.91 Å². The summed E-state index contributed by atoms with van der Waals surface area (Å²) >= 11 is 0. The number of benzene rings is 2. The van der Waals surface area contributed by atoms with E-state index in [2.05, 4.69) is 10.6 Å². The number of nitrogens with one attached hydrogen (secondary N) is 2. The molecule has 0 atom stereocenters. The maximum absolute atomic E-state index is 12.9. The largest absolute Gasteiger partial charge is 0.497 e. The van der Waals surface area contributed by atoms with E-state index >= 15 is 0 Å². The fraction of sp³-hybridized carbons (Fsp3) is 0.304. The summed E-state index contributed by atoms with van der Waals surface area (Å²) in [5, 5.41) is 16.6. The lowest BCUT2D eigenvalue weighted by Crippen LogP contribution is -2.35. The van der Waals surface area contributed by atoms with Crippen LogP contribution < -0.4 is 15.4 Å². The molecule has 0 aliphatic heterocycles. The number of anilines is 1. The predicted molar refractivity (Wildman–Crippen MR) is 117 cm³/mol. The minimum atomic E-state index is -0.513. The molecule has 1 fully saturated rings. The minimum Gasteiger partial charge on any atom is -0.497 e. The van der Waals surface area contributed by atoms with E-state index in [9.17, 15) is 19.7 Å². The quantitative estimate of drug-likeness (QED) is 0.392. The molecule has 2 aromatic carbocycles. The van der Waals surface area contributed by atoms with E-state index < -0.39 is 10.8 Å². The van der Waals surface area contributed by atoms with E-state index in [1.807, 2.05) is 0 Å². The third-order valence-electron chi connectivity index (χ3n) is 5.22. The first-order valence-electron chi connectivity index (χ1n) is 10.2. The van der Waals surface area contributed by atoms with Gasteiger partial charge in [0.15, 0.2) is 0 Å². The number of hydrogen-bond donors (Lipinski definition) is 2. The molecule has 8 heteroatoms. The summed E-state index contributed by atoms with van der Waals surface area (Å²) in [5.41, 5.74) is 0.912. The lowest BCUT2D eigenvalue weighted by Gasteiger charge is -2.21. The van der Waals surface area contributed by atoms with Gasteiger partial charge in [-0.3, -0.25) is 19.7 Å². The van der Waals surface area contributed by atoms with E-state index in [1.165, 1.54) is 24.3 Å². The van der Waals surface area contributed by atoms with Gasteiger partial charge in [0.1, 0.15) is 11.4 Å². The molecule has 1 saturated carbocycles. The zero-order valence-corrected chi connectivity index (χ0v) is 17.3. The van der Waals surface area contributed by atoms with Gasteiger partial charge in [-0.2, -0.15) is 0 Å². The second-order valence-electron chi connectivity index (χ2n) is 7.42. The highest BCUT2D eigenvalue weighted by Crippen LogP contribution is 2.24. The topological polar surface area (TPSA) is 111 Å². The average molecular weight is 423 g/mol. The summed E-state index contributed by atoms with van der Waals surface area (Å²) in [7, 11) is 1.55. The van der Waals surface area contributed by atoms with Gasteiger partial charge in [0.25, 0.3) is 11.6 Å². The normalized spacial score (nSPS) is 14.5. The van der Waals surface area contributed by atoms with Crippen molar-refractivity contribution in [3.8, 4) is 5.75 Å². The molecule has 0 radical (unpaired) electrons. The molecule has 0 unspecified atom stereocenters. The van der Waals surface area contributed by atoms with Gasteiger partial charge in [-0.1, -0.05) is 31.4 Å². The first-order chi connectivity index (χ1) is 15.0. The number of rotatable bonds is 7. The van der Waals surface area contributed by atoms with E-state index in [-0.39, 0.29) is 23.2 Å². The molecule has 1 aliphatic carbocycles. The number of nitro benzene ring substituents is 1. The van der Waals surface area contributed by atoms with Crippen LogP contribution in [-0.2, 0) is 9.59 Å². The maximum Gasteiger partial charge on any atom is 0.272 e. The first kappa shape index (κ1) is 22.0. The molecule has 0 aromatic heterocycles. The molecule has 0 spiro atoms. The molecule has 162 valence electrons. The molecule has 1 aliphatic rings. The Kier molecular flexibility index (Phi) is 7.37. The Labute approximate surface area is 180 Å². The summed E-state index contributed by atoms with van der Waals surface area (Å²) < 4.78 is 5.11. The second-order valence-corrected chi connectivity index (χ2v) is 7.42. The van der Waals surface area contributed by atoms with Gasteiger partial charge < -0.3 is 15.4 Å². The Morgan fingerprint density at radius 3 is 2.45 bits per heavy atom. The Bertz CT molecular complexity index is 979. The Morgan fingerprint density at radius 2 is 1.81 bits per heavy atom. The van der Waals surface area contributed by atoms with Crippen LogP contribution in [0.4, 0.5) is 11.4 Å². The molecular weight excluding hydrogens is 398 g/mol. The van der Waals surface area contributed by atoms with Crippen LogP contribution in [0.15, 0.2) is 54.2 Å². The number of nitrogens with zero attached hydrogens (tertiary/aromatic N) is 1. The van der Waals surface area contributed by atoms with Crippen molar-refractivity contribution < 1.29 is 19.2 Å². The molecule has 0 saturated heterocycles. The fourth-order valence-electron chi connectivity index (χ4n) is 3.53. The van der Waals surface area contributed by atoms with Crippen molar-refractivity contribution in [2.45, 2.75) is 32.1 Å². The van der Waals surface area contributed by atoms with Crippen molar-refractivity contribution in [3.05, 3.63) is 69.9 Å². The molecule has 0 heterocycles. The standard InChI is InChI=1S/C23H25N3O5/c1-31-20-12-10-18(11-13-20)24-23(28)21(25-22(27)17-7-3-2-4-8-17)15-16-6-5-9-19(14-16)26(29)30/h5-6,9-15,17H,2-4,7-8H2,1H3,(H,24,28)(H,25,27)/b21-15-. The van der Waals surface area contributed by atoms with Crippen LogP contribution in [-0.4, -0.2) is 23.8 Å². The second kappa shape index (κ2) is 10.4. The monoisotopic (exact) mass is 423 g/mol. The Balaban J connectivity index is 1.84. The van der Waals surface area contributed by atoms with Crippen molar-refractivity contribution in [1.82, 2.24) is 5.32 Å². The fourth-order valence-corrected chi connectivity index (χ4v) is 3.53. The SMILES string of the molecule is COc1ccc(NC(=O)/C(=C/c2cccc([N+](=O)[O-])c2)NC(=O)C2CCCCC2)cc1. The van der Waals surface area contributed by atoms with Gasteiger partial charge in [0.05, 0.1) is 12.0 Å². The van der Waals surface area contributed by atoms with Gasteiger partial charge >= 0.3 is 0 Å². The van der Waals surface area contributed by atoms with Crippen molar-refractivity contribution in [3.63, 3.8) is 0 Å². The predicted octanol–water partition coefficient (Wildman–Crippen LogP) is 4.28. The first-order valence-corrected chi connectivity index (χ1v) is 10.2. The molecule has 0 bridgehead atoms. The molecule has 2 aromatic rings. The number of hydrogen-bond acceptors (Lipinski definition) is 5. The van der Waals surface area contributed by atoms with Crippen molar-refractivity contribution in [2.24, 2.45) is 5.92 Å². The minimum absolute atomic E-state index is 0.0342. The lowest BCUT2D eigenvalue weighted by molar-refractivity contribution is -0.384. The summed E-state index contributed by atoms with van der Waals surface area (Å²) in [5.74, 6) is -0.214. The van der Waals surface area contributed by atoms with Crippen molar-refractivity contribution >= 4 is 29.3 Å². The zero-order valence-electron chi connectivity index (χ0n) is 17.3. The highest BCUT2D eigenvalue weighted by atomic mass is 16.6.